The van der Waals surface area contributed by atoms with E-state index in [2.05, 4.69) is 40.6 Å². The summed E-state index contributed by atoms with van der Waals surface area (Å²) in [5.41, 5.74) is 2.21. The molecule has 0 saturated carbocycles. The molecule has 6 heteroatoms. The zero-order valence-corrected chi connectivity index (χ0v) is 14.9. The average molecular weight is 329 g/mol. The smallest absolute Gasteiger partial charge is 0.191 e. The Morgan fingerprint density at radius 1 is 1.21 bits per heavy atom. The van der Waals surface area contributed by atoms with Gasteiger partial charge in [0.15, 0.2) is 5.96 Å². The number of guanidine groups is 1. The van der Waals surface area contributed by atoms with Gasteiger partial charge in [0.25, 0.3) is 0 Å². The second-order valence-electron chi connectivity index (χ2n) is 6.04. The highest BCUT2D eigenvalue weighted by Gasteiger charge is 2.06. The van der Waals surface area contributed by atoms with E-state index in [4.69, 9.17) is 4.74 Å². The molecule has 0 unspecified atom stereocenters. The Morgan fingerprint density at radius 2 is 1.96 bits per heavy atom. The molecule has 2 aromatic rings. The normalized spacial score (nSPS) is 11.6. The standard InChI is InChI=1S/C18H27N5O/c1-14(2)13-24-17-8-6-5-7-15(17)11-20-18(19-3)21-12-16-9-10-22-23(16)4/h5-10,14H,11-13H2,1-4H3,(H2,19,20,21). The van der Waals surface area contributed by atoms with Crippen molar-refractivity contribution in [2.45, 2.75) is 26.9 Å². The van der Waals surface area contributed by atoms with Crippen molar-refractivity contribution in [1.29, 1.82) is 0 Å². The van der Waals surface area contributed by atoms with Crippen molar-refractivity contribution >= 4 is 5.96 Å². The topological polar surface area (TPSA) is 63.5 Å². The summed E-state index contributed by atoms with van der Waals surface area (Å²) in [7, 11) is 3.69. The first-order valence-electron chi connectivity index (χ1n) is 8.22. The molecule has 0 aliphatic heterocycles. The molecule has 0 aliphatic carbocycles. The van der Waals surface area contributed by atoms with Crippen molar-refractivity contribution in [2.24, 2.45) is 18.0 Å². The lowest BCUT2D eigenvalue weighted by Gasteiger charge is -2.15. The highest BCUT2D eigenvalue weighted by molar-refractivity contribution is 5.79. The Kier molecular flexibility index (Phi) is 6.66. The maximum atomic E-state index is 5.89. The number of aromatic nitrogens is 2. The SMILES string of the molecule is CN=C(NCc1ccccc1OCC(C)C)NCc1ccnn1C. The van der Waals surface area contributed by atoms with Crippen molar-refractivity contribution in [3.8, 4) is 5.75 Å². The lowest BCUT2D eigenvalue weighted by Crippen LogP contribution is -2.36. The first-order valence-corrected chi connectivity index (χ1v) is 8.22. The Balaban J connectivity index is 1.90. The van der Waals surface area contributed by atoms with Crippen LogP contribution in [-0.4, -0.2) is 29.4 Å². The molecule has 2 N–H and O–H groups in total. The van der Waals surface area contributed by atoms with Gasteiger partial charge in [0, 0.05) is 32.4 Å². The molecule has 0 saturated heterocycles. The van der Waals surface area contributed by atoms with Gasteiger partial charge >= 0.3 is 0 Å². The molecule has 0 spiro atoms. The predicted octanol–water partition coefficient (Wildman–Crippen LogP) is 2.32. The molecule has 1 aromatic carbocycles. The Labute approximate surface area is 143 Å². The van der Waals surface area contributed by atoms with Crippen LogP contribution >= 0.6 is 0 Å². The summed E-state index contributed by atoms with van der Waals surface area (Å²) in [4.78, 5) is 4.26. The van der Waals surface area contributed by atoms with Crippen molar-refractivity contribution < 1.29 is 4.74 Å². The number of nitrogens with one attached hydrogen (secondary N) is 2. The number of nitrogens with zero attached hydrogens (tertiary/aromatic N) is 3. The van der Waals surface area contributed by atoms with E-state index in [1.807, 2.05) is 36.0 Å². The molecule has 1 aromatic heterocycles. The molecule has 6 nitrogen and oxygen atoms in total. The lowest BCUT2D eigenvalue weighted by molar-refractivity contribution is 0.268. The largest absolute Gasteiger partial charge is 0.493 e. The van der Waals surface area contributed by atoms with E-state index in [0.717, 1.165) is 23.0 Å². The van der Waals surface area contributed by atoms with E-state index in [-0.39, 0.29) is 0 Å². The number of ether oxygens (including phenoxy) is 1. The van der Waals surface area contributed by atoms with Gasteiger partial charge in [0.05, 0.1) is 18.8 Å². The van der Waals surface area contributed by atoms with Crippen LogP contribution in [0.2, 0.25) is 0 Å². The minimum Gasteiger partial charge on any atom is -0.493 e. The number of rotatable bonds is 7. The molecule has 0 bridgehead atoms. The number of hydrogen-bond donors (Lipinski definition) is 2. The van der Waals surface area contributed by atoms with Gasteiger partial charge in [-0.2, -0.15) is 5.10 Å². The van der Waals surface area contributed by atoms with Gasteiger partial charge in [-0.1, -0.05) is 32.0 Å². The number of para-hydroxylation sites is 1. The molecule has 24 heavy (non-hydrogen) atoms. The van der Waals surface area contributed by atoms with Crippen LogP contribution in [0.4, 0.5) is 0 Å². The molecule has 0 atom stereocenters. The molecule has 0 aliphatic rings. The molecular weight excluding hydrogens is 302 g/mol. The van der Waals surface area contributed by atoms with Gasteiger partial charge in [-0.15, -0.1) is 0 Å². The van der Waals surface area contributed by atoms with Crippen LogP contribution < -0.4 is 15.4 Å². The third-order valence-electron chi connectivity index (χ3n) is 3.57. The highest BCUT2D eigenvalue weighted by atomic mass is 16.5. The van der Waals surface area contributed by atoms with E-state index in [9.17, 15) is 0 Å². The van der Waals surface area contributed by atoms with E-state index in [0.29, 0.717) is 25.6 Å². The van der Waals surface area contributed by atoms with E-state index in [1.54, 1.807) is 13.2 Å². The van der Waals surface area contributed by atoms with Gasteiger partial charge in [0.1, 0.15) is 5.75 Å². The molecule has 2 rings (SSSR count). The summed E-state index contributed by atoms with van der Waals surface area (Å²) in [5.74, 6) is 2.16. The summed E-state index contributed by atoms with van der Waals surface area (Å²) in [5, 5.41) is 10.8. The zero-order chi connectivity index (χ0) is 17.4. The summed E-state index contributed by atoms with van der Waals surface area (Å²) in [6.07, 6.45) is 1.79. The van der Waals surface area contributed by atoms with Gasteiger partial charge in [-0.25, -0.2) is 0 Å². The van der Waals surface area contributed by atoms with Crippen molar-refractivity contribution in [2.75, 3.05) is 13.7 Å². The fourth-order valence-corrected chi connectivity index (χ4v) is 2.20. The third kappa shape index (κ3) is 5.30. The minimum absolute atomic E-state index is 0.499. The predicted molar refractivity (Wildman–Crippen MR) is 97.0 cm³/mol. The van der Waals surface area contributed by atoms with Crippen molar-refractivity contribution in [1.82, 2.24) is 20.4 Å². The summed E-state index contributed by atoms with van der Waals surface area (Å²) < 4.78 is 7.73. The van der Waals surface area contributed by atoms with Crippen LogP contribution in [0.5, 0.6) is 5.75 Å². The van der Waals surface area contributed by atoms with Gasteiger partial charge in [-0.05, 0) is 18.1 Å². The fraction of sp³-hybridized carbons (Fsp3) is 0.444. The average Bonchev–Trinajstić information content (AvgIpc) is 2.99. The summed E-state index contributed by atoms with van der Waals surface area (Å²) in [6.45, 7) is 6.32. The number of benzene rings is 1. The van der Waals surface area contributed by atoms with Crippen LogP contribution in [0, 0.1) is 5.92 Å². The Bertz CT molecular complexity index is 663. The van der Waals surface area contributed by atoms with E-state index < -0.39 is 0 Å². The first kappa shape index (κ1) is 17.8. The monoisotopic (exact) mass is 329 g/mol. The third-order valence-corrected chi connectivity index (χ3v) is 3.57. The second-order valence-corrected chi connectivity index (χ2v) is 6.04. The van der Waals surface area contributed by atoms with Crippen LogP contribution in [0.25, 0.3) is 0 Å². The zero-order valence-electron chi connectivity index (χ0n) is 14.9. The van der Waals surface area contributed by atoms with E-state index in [1.165, 1.54) is 0 Å². The molecule has 1 heterocycles. The Hall–Kier alpha value is -2.50. The summed E-state index contributed by atoms with van der Waals surface area (Å²) >= 11 is 0. The van der Waals surface area contributed by atoms with Crippen LogP contribution in [0.15, 0.2) is 41.5 Å². The number of aryl methyl sites for hydroxylation is 1. The summed E-state index contributed by atoms with van der Waals surface area (Å²) in [6, 6.07) is 10.1. The first-order chi connectivity index (χ1) is 11.6. The molecule has 130 valence electrons. The molecule has 0 amide bonds. The van der Waals surface area contributed by atoms with Crippen LogP contribution in [0.3, 0.4) is 0 Å². The fourth-order valence-electron chi connectivity index (χ4n) is 2.20. The second kappa shape index (κ2) is 8.96. The Morgan fingerprint density at radius 3 is 2.62 bits per heavy atom. The van der Waals surface area contributed by atoms with Crippen molar-refractivity contribution in [3.63, 3.8) is 0 Å². The molecular formula is C18H27N5O. The van der Waals surface area contributed by atoms with Crippen LogP contribution in [0.1, 0.15) is 25.1 Å². The quantitative estimate of drug-likeness (QED) is 0.604. The van der Waals surface area contributed by atoms with Gasteiger partial charge in [0.2, 0.25) is 0 Å². The molecule has 0 radical (unpaired) electrons. The van der Waals surface area contributed by atoms with Gasteiger partial charge in [-0.3, -0.25) is 9.67 Å². The molecule has 0 fully saturated rings. The minimum atomic E-state index is 0.499. The van der Waals surface area contributed by atoms with E-state index >= 15 is 0 Å². The van der Waals surface area contributed by atoms with Gasteiger partial charge < -0.3 is 15.4 Å². The number of hydrogen-bond acceptors (Lipinski definition) is 3. The number of aliphatic imine (C=N–C) groups is 1. The lowest BCUT2D eigenvalue weighted by atomic mass is 10.2. The maximum absolute atomic E-state index is 5.89. The highest BCUT2D eigenvalue weighted by Crippen LogP contribution is 2.18. The van der Waals surface area contributed by atoms with Crippen molar-refractivity contribution in [3.05, 3.63) is 47.8 Å². The maximum Gasteiger partial charge on any atom is 0.191 e. The van der Waals surface area contributed by atoms with Crippen LogP contribution in [-0.2, 0) is 20.1 Å².